The Balaban J connectivity index is 0.000000224. The van der Waals surface area contributed by atoms with Gasteiger partial charge in [-0.15, -0.1) is 11.3 Å². The molecule has 0 fully saturated rings. The standard InChI is InChI=1S/C14H12N4OS.C7H6O2/c1-9-2-3-10(19)8-12(9)18-14-16-5-4-11(17-14)13-15-6-7-20-13;8-7(9)6-4-2-1-3-5-6/h2-8,19H,1H3,(H,16,17,18);1-5H,(H,8,9). The quantitative estimate of drug-likeness (QED) is 0.449. The predicted octanol–water partition coefficient (Wildman–Crippen LogP) is 4.74. The van der Waals surface area contributed by atoms with Gasteiger partial charge in [-0.05, 0) is 36.8 Å². The summed E-state index contributed by atoms with van der Waals surface area (Å²) in [5, 5.41) is 23.8. The first-order chi connectivity index (χ1) is 14.0. The van der Waals surface area contributed by atoms with Crippen LogP contribution in [0.15, 0.2) is 72.4 Å². The second kappa shape index (κ2) is 9.43. The van der Waals surface area contributed by atoms with Gasteiger partial charge in [-0.2, -0.15) is 0 Å². The molecular weight excluding hydrogens is 388 g/mol. The number of rotatable bonds is 4. The lowest BCUT2D eigenvalue weighted by molar-refractivity contribution is 0.0697. The summed E-state index contributed by atoms with van der Waals surface area (Å²) >= 11 is 1.53. The number of thiazole rings is 1. The summed E-state index contributed by atoms with van der Waals surface area (Å²) in [6.07, 6.45) is 3.43. The van der Waals surface area contributed by atoms with Crippen molar-refractivity contribution in [2.24, 2.45) is 0 Å². The Bertz CT molecular complexity index is 1090. The summed E-state index contributed by atoms with van der Waals surface area (Å²) in [4.78, 5) is 23.0. The molecule has 146 valence electrons. The number of hydrogen-bond acceptors (Lipinski definition) is 7. The third kappa shape index (κ3) is 5.60. The molecule has 0 radical (unpaired) electrons. The van der Waals surface area contributed by atoms with Crippen LogP contribution in [0.5, 0.6) is 5.75 Å². The lowest BCUT2D eigenvalue weighted by Gasteiger charge is -2.08. The fraction of sp³-hybridized carbons (Fsp3) is 0.0476. The molecule has 7 nitrogen and oxygen atoms in total. The van der Waals surface area contributed by atoms with E-state index in [0.717, 1.165) is 22.0 Å². The van der Waals surface area contributed by atoms with Crippen molar-refractivity contribution < 1.29 is 15.0 Å². The zero-order valence-corrected chi connectivity index (χ0v) is 16.3. The van der Waals surface area contributed by atoms with Crippen molar-refractivity contribution in [2.45, 2.75) is 6.92 Å². The Labute approximate surface area is 171 Å². The van der Waals surface area contributed by atoms with Crippen LogP contribution in [0.25, 0.3) is 10.7 Å². The average Bonchev–Trinajstić information content (AvgIpc) is 3.27. The van der Waals surface area contributed by atoms with Crippen LogP contribution in [0.4, 0.5) is 11.6 Å². The van der Waals surface area contributed by atoms with Gasteiger partial charge in [-0.25, -0.2) is 19.7 Å². The fourth-order valence-corrected chi connectivity index (χ4v) is 2.94. The number of carboxylic acid groups (broad SMARTS) is 1. The van der Waals surface area contributed by atoms with E-state index in [1.165, 1.54) is 11.3 Å². The van der Waals surface area contributed by atoms with Crippen LogP contribution in [0.3, 0.4) is 0 Å². The maximum Gasteiger partial charge on any atom is 0.335 e. The summed E-state index contributed by atoms with van der Waals surface area (Å²) in [6.45, 7) is 1.95. The molecule has 0 bridgehead atoms. The zero-order valence-electron chi connectivity index (χ0n) is 15.5. The van der Waals surface area contributed by atoms with Crippen LogP contribution in [-0.2, 0) is 0 Å². The topological polar surface area (TPSA) is 108 Å². The molecule has 8 heteroatoms. The van der Waals surface area contributed by atoms with E-state index in [-0.39, 0.29) is 5.75 Å². The number of anilines is 2. The van der Waals surface area contributed by atoms with E-state index >= 15 is 0 Å². The van der Waals surface area contributed by atoms with Gasteiger partial charge in [0.2, 0.25) is 5.95 Å². The molecule has 0 aliphatic carbocycles. The van der Waals surface area contributed by atoms with Crippen LogP contribution in [0.1, 0.15) is 15.9 Å². The molecule has 0 saturated heterocycles. The van der Waals surface area contributed by atoms with Crippen molar-refractivity contribution in [2.75, 3.05) is 5.32 Å². The first-order valence-electron chi connectivity index (χ1n) is 8.61. The molecular formula is C21H18N4O3S. The smallest absolute Gasteiger partial charge is 0.335 e. The molecule has 0 atom stereocenters. The predicted molar refractivity (Wildman–Crippen MR) is 113 cm³/mol. The molecule has 0 aliphatic rings. The molecule has 4 aromatic rings. The fourth-order valence-electron chi connectivity index (χ4n) is 2.33. The summed E-state index contributed by atoms with van der Waals surface area (Å²) in [5.74, 6) is -0.198. The number of aromatic carboxylic acids is 1. The number of benzene rings is 2. The highest BCUT2D eigenvalue weighted by Gasteiger charge is 2.06. The number of aromatic nitrogens is 3. The molecule has 3 N–H and O–H groups in total. The average molecular weight is 406 g/mol. The van der Waals surface area contributed by atoms with E-state index in [1.54, 1.807) is 54.9 Å². The van der Waals surface area contributed by atoms with Gasteiger partial charge in [-0.3, -0.25) is 0 Å². The van der Waals surface area contributed by atoms with Crippen molar-refractivity contribution in [3.05, 3.63) is 83.5 Å². The SMILES string of the molecule is Cc1ccc(O)cc1Nc1nccc(-c2nccs2)n1.O=C(O)c1ccccc1. The number of carboxylic acids is 1. The number of aryl methyl sites for hydroxylation is 1. The van der Waals surface area contributed by atoms with Crippen molar-refractivity contribution >= 4 is 28.9 Å². The maximum absolute atomic E-state index is 10.2. The molecule has 0 spiro atoms. The van der Waals surface area contributed by atoms with Crippen LogP contribution in [0.2, 0.25) is 0 Å². The number of aromatic hydroxyl groups is 1. The zero-order chi connectivity index (χ0) is 20.6. The Morgan fingerprint density at radius 2 is 1.83 bits per heavy atom. The summed E-state index contributed by atoms with van der Waals surface area (Å²) < 4.78 is 0. The van der Waals surface area contributed by atoms with E-state index in [9.17, 15) is 9.90 Å². The normalized spacial score (nSPS) is 9.97. The third-order valence-corrected chi connectivity index (χ3v) is 4.59. The lowest BCUT2D eigenvalue weighted by atomic mass is 10.2. The van der Waals surface area contributed by atoms with Gasteiger partial charge in [0.1, 0.15) is 16.5 Å². The lowest BCUT2D eigenvalue weighted by Crippen LogP contribution is -1.99. The Kier molecular flexibility index (Phi) is 6.49. The number of phenolic OH excluding ortho intramolecular Hbond substituents is 1. The number of nitrogens with zero attached hydrogens (tertiary/aromatic N) is 3. The van der Waals surface area contributed by atoms with E-state index in [4.69, 9.17) is 5.11 Å². The van der Waals surface area contributed by atoms with E-state index in [1.807, 2.05) is 24.4 Å². The first-order valence-corrected chi connectivity index (χ1v) is 9.49. The van der Waals surface area contributed by atoms with Crippen LogP contribution in [0, 0.1) is 6.92 Å². The molecule has 0 aliphatic heterocycles. The molecule has 2 aromatic carbocycles. The van der Waals surface area contributed by atoms with Crippen molar-refractivity contribution in [3.63, 3.8) is 0 Å². The van der Waals surface area contributed by atoms with Gasteiger partial charge in [0.15, 0.2) is 0 Å². The minimum atomic E-state index is -0.879. The van der Waals surface area contributed by atoms with Gasteiger partial charge in [0, 0.05) is 29.5 Å². The second-order valence-electron chi connectivity index (χ2n) is 5.90. The van der Waals surface area contributed by atoms with E-state index < -0.39 is 5.97 Å². The van der Waals surface area contributed by atoms with Crippen molar-refractivity contribution in [3.8, 4) is 16.5 Å². The van der Waals surface area contributed by atoms with Gasteiger partial charge in [0.25, 0.3) is 0 Å². The van der Waals surface area contributed by atoms with Crippen molar-refractivity contribution in [1.82, 2.24) is 15.0 Å². The number of hydrogen-bond donors (Lipinski definition) is 3. The third-order valence-electron chi connectivity index (χ3n) is 3.80. The minimum absolute atomic E-state index is 0.203. The molecule has 0 amide bonds. The van der Waals surface area contributed by atoms with Gasteiger partial charge in [0.05, 0.1) is 5.56 Å². The monoisotopic (exact) mass is 406 g/mol. The highest BCUT2D eigenvalue weighted by molar-refractivity contribution is 7.13. The van der Waals surface area contributed by atoms with Gasteiger partial charge >= 0.3 is 5.97 Å². The second-order valence-corrected chi connectivity index (χ2v) is 6.79. The number of phenols is 1. The van der Waals surface area contributed by atoms with Crippen LogP contribution >= 0.6 is 11.3 Å². The summed E-state index contributed by atoms with van der Waals surface area (Å²) in [5.41, 5.74) is 2.89. The molecule has 4 rings (SSSR count). The van der Waals surface area contributed by atoms with Crippen molar-refractivity contribution in [1.29, 1.82) is 0 Å². The van der Waals surface area contributed by atoms with Crippen LogP contribution in [-0.4, -0.2) is 31.1 Å². The molecule has 0 unspecified atom stereocenters. The molecule has 0 saturated carbocycles. The maximum atomic E-state index is 10.2. The van der Waals surface area contributed by atoms with E-state index in [2.05, 4.69) is 20.3 Å². The highest BCUT2D eigenvalue weighted by atomic mass is 32.1. The van der Waals surface area contributed by atoms with Crippen LogP contribution < -0.4 is 5.32 Å². The van der Waals surface area contributed by atoms with E-state index in [0.29, 0.717) is 11.5 Å². The molecule has 2 heterocycles. The van der Waals surface area contributed by atoms with Gasteiger partial charge < -0.3 is 15.5 Å². The largest absolute Gasteiger partial charge is 0.508 e. The Hall–Kier alpha value is -3.78. The summed E-state index contributed by atoms with van der Waals surface area (Å²) in [7, 11) is 0. The highest BCUT2D eigenvalue weighted by Crippen LogP contribution is 2.25. The molecule has 29 heavy (non-hydrogen) atoms. The van der Waals surface area contributed by atoms with Gasteiger partial charge in [-0.1, -0.05) is 24.3 Å². The first kappa shape index (κ1) is 20.0. The minimum Gasteiger partial charge on any atom is -0.508 e. The summed E-state index contributed by atoms with van der Waals surface area (Å²) in [6, 6.07) is 15.2. The Morgan fingerprint density at radius 3 is 2.48 bits per heavy atom. The number of nitrogens with one attached hydrogen (secondary N) is 1. The molecule has 2 aromatic heterocycles. The Morgan fingerprint density at radius 1 is 1.03 bits per heavy atom. The number of carbonyl (C=O) groups is 1.